The Labute approximate surface area is 216 Å². The summed E-state index contributed by atoms with van der Waals surface area (Å²) in [5.41, 5.74) is 2.37. The highest BCUT2D eigenvalue weighted by atomic mass is 32.2. The second-order valence-corrected chi connectivity index (χ2v) is 11.0. The largest absolute Gasteiger partial charge is 0.473 e. The molecule has 0 bridgehead atoms. The van der Waals surface area contributed by atoms with Gasteiger partial charge in [0.15, 0.2) is 13.1 Å². The Kier molecular flexibility index (Phi) is 9.04. The minimum absolute atomic E-state index is 0.139. The first-order valence-electron chi connectivity index (χ1n) is 11.1. The van der Waals surface area contributed by atoms with Gasteiger partial charge in [-0.25, -0.2) is 0 Å². The first-order valence-corrected chi connectivity index (χ1v) is 13.7. The third-order valence-electron chi connectivity index (χ3n) is 4.76. The first-order chi connectivity index (χ1) is 17.1. The van der Waals surface area contributed by atoms with E-state index in [9.17, 15) is 0 Å². The maximum Gasteiger partial charge on any atom is 0.234 e. The average Bonchev–Trinajstić information content (AvgIpc) is 3.51. The molecule has 0 fully saturated rings. The number of nitrogens with one attached hydrogen (secondary N) is 1. The van der Waals surface area contributed by atoms with Crippen LogP contribution in [0.1, 0.15) is 33.3 Å². The molecule has 0 saturated heterocycles. The van der Waals surface area contributed by atoms with Crippen molar-refractivity contribution in [3.8, 4) is 11.5 Å². The van der Waals surface area contributed by atoms with Crippen molar-refractivity contribution in [2.75, 3.05) is 17.8 Å². The van der Waals surface area contributed by atoms with E-state index in [0.717, 1.165) is 32.4 Å². The number of nitrogens with zero attached hydrogens (tertiary/aromatic N) is 5. The van der Waals surface area contributed by atoms with Crippen molar-refractivity contribution < 1.29 is 9.47 Å². The lowest BCUT2D eigenvalue weighted by Gasteiger charge is -2.10. The number of anilines is 1. The maximum absolute atomic E-state index is 5.73. The molecule has 2 aromatic heterocycles. The highest BCUT2D eigenvalue weighted by molar-refractivity contribution is 7.99. The minimum atomic E-state index is 0.139. The molecule has 0 spiro atoms. The van der Waals surface area contributed by atoms with Gasteiger partial charge in [0.2, 0.25) is 10.3 Å². The van der Waals surface area contributed by atoms with Crippen molar-refractivity contribution in [2.45, 2.75) is 32.4 Å². The number of thioether (sulfide) groups is 1. The Morgan fingerprint density at radius 2 is 1.66 bits per heavy atom. The van der Waals surface area contributed by atoms with Gasteiger partial charge < -0.3 is 14.8 Å². The fourth-order valence-electron chi connectivity index (χ4n) is 2.96. The molecule has 0 aliphatic rings. The van der Waals surface area contributed by atoms with Crippen molar-refractivity contribution >= 4 is 51.1 Å². The Morgan fingerprint density at radius 3 is 2.37 bits per heavy atom. The van der Waals surface area contributed by atoms with Gasteiger partial charge in [0.25, 0.3) is 0 Å². The zero-order chi connectivity index (χ0) is 24.5. The summed E-state index contributed by atoms with van der Waals surface area (Å²) < 4.78 is 11.3. The van der Waals surface area contributed by atoms with Crippen molar-refractivity contribution in [2.24, 2.45) is 4.99 Å². The molecular formula is C24H26N6O2S3. The highest BCUT2D eigenvalue weighted by Gasteiger charge is 2.20. The number of hydrogen-bond donors (Lipinski definition) is 1. The van der Waals surface area contributed by atoms with E-state index in [4.69, 9.17) is 9.47 Å². The topological polar surface area (TPSA) is 94.4 Å². The third kappa shape index (κ3) is 7.74. The average molecular weight is 527 g/mol. The van der Waals surface area contributed by atoms with Crippen molar-refractivity contribution in [1.29, 1.82) is 0 Å². The number of aromatic nitrogens is 4. The van der Waals surface area contributed by atoms with Gasteiger partial charge in [0.05, 0.1) is 5.25 Å². The van der Waals surface area contributed by atoms with Crippen LogP contribution in [-0.4, -0.2) is 39.3 Å². The molecule has 0 amide bonds. The number of ether oxygens (including phenoxy) is 2. The number of aryl methyl sites for hydroxylation is 2. The Hall–Kier alpha value is -3.02. The van der Waals surface area contributed by atoms with E-state index in [1.54, 1.807) is 0 Å². The van der Waals surface area contributed by atoms with E-state index >= 15 is 0 Å². The monoisotopic (exact) mass is 526 g/mol. The van der Waals surface area contributed by atoms with Crippen LogP contribution >= 0.6 is 34.4 Å². The molecule has 1 N–H and O–H groups in total. The fraction of sp³-hybridized carbons (Fsp3) is 0.292. The number of rotatable bonds is 12. The summed E-state index contributed by atoms with van der Waals surface area (Å²) in [4.78, 5) is 4.28. The number of hydrogen-bond acceptors (Lipinski definition) is 11. The van der Waals surface area contributed by atoms with Gasteiger partial charge >= 0.3 is 0 Å². The Bertz CT molecular complexity index is 1220. The van der Waals surface area contributed by atoms with Crippen molar-refractivity contribution in [3.05, 3.63) is 69.7 Å². The first kappa shape index (κ1) is 25.1. The molecule has 0 radical (unpaired) electrons. The lowest BCUT2D eigenvalue weighted by molar-refractivity contribution is 0.346. The second-order valence-electron chi connectivity index (χ2n) is 7.52. The van der Waals surface area contributed by atoms with Gasteiger partial charge in [-0.1, -0.05) is 65.0 Å². The molecule has 0 aliphatic heterocycles. The summed E-state index contributed by atoms with van der Waals surface area (Å²) in [6.45, 7) is 6.54. The zero-order valence-corrected chi connectivity index (χ0v) is 22.1. The van der Waals surface area contributed by atoms with E-state index in [-0.39, 0.29) is 5.25 Å². The Morgan fingerprint density at radius 1 is 0.943 bits per heavy atom. The third-order valence-corrected chi connectivity index (χ3v) is 7.88. The molecule has 1 unspecified atom stereocenters. The molecule has 8 nitrogen and oxygen atoms in total. The van der Waals surface area contributed by atoms with Crippen molar-refractivity contribution in [3.63, 3.8) is 0 Å². The van der Waals surface area contributed by atoms with Crippen LogP contribution in [0.5, 0.6) is 11.5 Å². The second kappa shape index (κ2) is 12.6. The summed E-state index contributed by atoms with van der Waals surface area (Å²) in [6.07, 6.45) is 2.10. The molecule has 1 atom stereocenters. The van der Waals surface area contributed by atoms with Gasteiger partial charge in [-0.3, -0.25) is 0 Å². The minimum Gasteiger partial charge on any atom is -0.473 e. The van der Waals surface area contributed by atoms with Crippen LogP contribution in [0.25, 0.3) is 0 Å². The van der Waals surface area contributed by atoms with Crippen LogP contribution in [0.15, 0.2) is 53.5 Å². The summed E-state index contributed by atoms with van der Waals surface area (Å²) in [5.74, 6) is 2.50. The maximum atomic E-state index is 5.73. The van der Waals surface area contributed by atoms with Crippen molar-refractivity contribution in [1.82, 2.24) is 20.4 Å². The molecule has 2 aromatic carbocycles. The summed E-state index contributed by atoms with van der Waals surface area (Å²) in [6, 6.07) is 15.7. The van der Waals surface area contributed by atoms with Gasteiger partial charge in [0.1, 0.15) is 21.5 Å². The van der Waals surface area contributed by atoms with E-state index < -0.39 is 0 Å². The van der Waals surface area contributed by atoms with Crippen LogP contribution in [0, 0.1) is 13.8 Å². The SMILES string of the molecule is CCSC(Cc1nnc(/N=C\Oc2ccc(C)cc2)s1)c1nnc(NCOc2ccc(C)cc2)s1. The molecule has 35 heavy (non-hydrogen) atoms. The molecule has 4 rings (SSSR count). The predicted molar refractivity (Wildman–Crippen MR) is 145 cm³/mol. The fourth-order valence-corrected chi connectivity index (χ4v) is 5.71. The molecule has 2 heterocycles. The van der Waals surface area contributed by atoms with E-state index in [0.29, 0.717) is 18.3 Å². The predicted octanol–water partition coefficient (Wildman–Crippen LogP) is 6.23. The lowest BCUT2D eigenvalue weighted by Crippen LogP contribution is -2.08. The lowest BCUT2D eigenvalue weighted by atomic mass is 10.2. The normalized spacial score (nSPS) is 12.1. The quantitative estimate of drug-likeness (QED) is 0.132. The van der Waals surface area contributed by atoms with Gasteiger partial charge in [-0.2, -0.15) is 16.8 Å². The number of benzene rings is 2. The standard InChI is InChI=1S/C24H26N6O2S3/c1-4-33-20(22-28-30-24(35-22)26-15-32-19-11-7-17(3)8-12-19)13-21-27-29-23(34-21)25-14-31-18-9-5-16(2)6-10-18/h5-12,14,20H,4,13,15H2,1-3H3,(H,26,30)/b25-14-. The van der Waals surface area contributed by atoms with Crippen LogP contribution < -0.4 is 14.8 Å². The molecule has 11 heteroatoms. The van der Waals surface area contributed by atoms with Crippen LogP contribution in [0.2, 0.25) is 0 Å². The zero-order valence-electron chi connectivity index (χ0n) is 19.7. The highest BCUT2D eigenvalue weighted by Crippen LogP contribution is 2.36. The molecule has 4 aromatic rings. The molecule has 0 aliphatic carbocycles. The van der Waals surface area contributed by atoms with Crippen LogP contribution in [0.3, 0.4) is 0 Å². The molecule has 182 valence electrons. The summed E-state index contributed by atoms with van der Waals surface area (Å²) in [7, 11) is 0. The van der Waals surface area contributed by atoms with E-state index in [1.807, 2.05) is 74.1 Å². The Balaban J connectivity index is 1.30. The van der Waals surface area contributed by atoms with E-state index in [1.165, 1.54) is 40.2 Å². The van der Waals surface area contributed by atoms with E-state index in [2.05, 4.69) is 37.6 Å². The molecular weight excluding hydrogens is 501 g/mol. The summed E-state index contributed by atoms with van der Waals surface area (Å²) >= 11 is 4.79. The van der Waals surface area contributed by atoms with Gasteiger partial charge in [-0.05, 0) is 43.9 Å². The van der Waals surface area contributed by atoms with Crippen LogP contribution in [0.4, 0.5) is 10.3 Å². The van der Waals surface area contributed by atoms with Gasteiger partial charge in [-0.15, -0.1) is 20.4 Å². The number of aliphatic imine (C=N–C) groups is 1. The smallest absolute Gasteiger partial charge is 0.234 e. The van der Waals surface area contributed by atoms with Gasteiger partial charge in [0, 0.05) is 6.42 Å². The molecule has 0 saturated carbocycles. The van der Waals surface area contributed by atoms with Crippen LogP contribution in [-0.2, 0) is 6.42 Å². The summed E-state index contributed by atoms with van der Waals surface area (Å²) in [5, 5.41) is 23.6.